The van der Waals surface area contributed by atoms with Gasteiger partial charge in [-0.25, -0.2) is 12.8 Å². The summed E-state index contributed by atoms with van der Waals surface area (Å²) < 4.78 is 40.2. The number of nitrogens with zero attached hydrogens (tertiary/aromatic N) is 3. The third-order valence-electron chi connectivity index (χ3n) is 4.71. The Morgan fingerprint density at radius 2 is 1.74 bits per heavy atom. The lowest BCUT2D eigenvalue weighted by Crippen LogP contribution is -2.27. The van der Waals surface area contributed by atoms with Crippen molar-refractivity contribution >= 4 is 49.7 Å². The summed E-state index contributed by atoms with van der Waals surface area (Å²) in [6, 6.07) is 12.0. The summed E-state index contributed by atoms with van der Waals surface area (Å²) in [5.41, 5.74) is 1.14. The number of rotatable bonds is 8. The number of thioether (sulfide) groups is 1. The average molecular weight is 479 g/mol. The predicted molar refractivity (Wildman–Crippen MR) is 119 cm³/mol. The zero-order valence-electron chi connectivity index (χ0n) is 16.3. The molecule has 2 aromatic carbocycles. The van der Waals surface area contributed by atoms with Crippen LogP contribution in [0.5, 0.6) is 0 Å². The van der Waals surface area contributed by atoms with Crippen LogP contribution in [-0.4, -0.2) is 47.5 Å². The zero-order valence-corrected chi connectivity index (χ0v) is 18.8. The van der Waals surface area contributed by atoms with Crippen molar-refractivity contribution in [1.29, 1.82) is 0 Å². The molecule has 1 aliphatic heterocycles. The van der Waals surface area contributed by atoms with Crippen molar-refractivity contribution < 1.29 is 17.6 Å². The number of carbonyl (C=O) groups is 1. The first kappa shape index (κ1) is 21.9. The summed E-state index contributed by atoms with van der Waals surface area (Å²) >= 11 is 2.54. The molecule has 0 unspecified atom stereocenters. The van der Waals surface area contributed by atoms with E-state index in [1.807, 2.05) is 0 Å². The molecule has 1 N–H and O–H groups in total. The van der Waals surface area contributed by atoms with Crippen LogP contribution in [0, 0.1) is 5.82 Å². The largest absolute Gasteiger partial charge is 0.330 e. The van der Waals surface area contributed by atoms with E-state index in [4.69, 9.17) is 0 Å². The maximum atomic E-state index is 13.0. The minimum Gasteiger partial charge on any atom is -0.330 e. The van der Waals surface area contributed by atoms with Gasteiger partial charge in [0, 0.05) is 24.3 Å². The Hall–Kier alpha value is -2.34. The number of halogens is 1. The molecular weight excluding hydrogens is 459 g/mol. The smallest absolute Gasteiger partial charge is 0.243 e. The number of hydrogen-bond donors (Lipinski definition) is 1. The SMILES string of the molecule is O=C(CSc1nnc(Nc2ccc(F)cc2)s1)c1ccc(S(=O)(=O)N2CCCC2)cc1. The lowest BCUT2D eigenvalue weighted by molar-refractivity contribution is 0.102. The molecule has 1 aliphatic rings. The second-order valence-corrected chi connectivity index (χ2v) is 11.0. The topological polar surface area (TPSA) is 92.3 Å². The van der Waals surface area contributed by atoms with Crippen LogP contribution in [0.2, 0.25) is 0 Å². The lowest BCUT2D eigenvalue weighted by Gasteiger charge is -2.15. The van der Waals surface area contributed by atoms with Crippen LogP contribution in [-0.2, 0) is 10.0 Å². The Morgan fingerprint density at radius 1 is 1.06 bits per heavy atom. The molecule has 0 radical (unpaired) electrons. The Balaban J connectivity index is 1.33. The quantitative estimate of drug-likeness (QED) is 0.383. The van der Waals surface area contributed by atoms with Gasteiger partial charge in [0.2, 0.25) is 15.2 Å². The van der Waals surface area contributed by atoms with Gasteiger partial charge < -0.3 is 5.32 Å². The van der Waals surface area contributed by atoms with Gasteiger partial charge in [0.1, 0.15) is 5.82 Å². The minimum absolute atomic E-state index is 0.127. The number of aromatic nitrogens is 2. The highest BCUT2D eigenvalue weighted by Crippen LogP contribution is 2.28. The highest BCUT2D eigenvalue weighted by molar-refractivity contribution is 8.01. The Bertz CT molecular complexity index is 1160. The van der Waals surface area contributed by atoms with Gasteiger partial charge in [0.15, 0.2) is 10.1 Å². The molecule has 7 nitrogen and oxygen atoms in total. The highest BCUT2D eigenvalue weighted by Gasteiger charge is 2.27. The van der Waals surface area contributed by atoms with Gasteiger partial charge in [-0.05, 0) is 49.2 Å². The Labute approximate surface area is 187 Å². The first-order valence-corrected chi connectivity index (χ1v) is 12.8. The first-order valence-electron chi connectivity index (χ1n) is 9.54. The molecule has 4 rings (SSSR count). The second-order valence-electron chi connectivity index (χ2n) is 6.85. The van der Waals surface area contributed by atoms with E-state index >= 15 is 0 Å². The van der Waals surface area contributed by atoms with Crippen LogP contribution in [0.15, 0.2) is 57.8 Å². The number of hydrogen-bond acceptors (Lipinski definition) is 8. The molecule has 31 heavy (non-hydrogen) atoms. The van der Waals surface area contributed by atoms with Crippen LogP contribution in [0.25, 0.3) is 0 Å². The second kappa shape index (κ2) is 9.43. The fourth-order valence-electron chi connectivity index (χ4n) is 3.08. The van der Waals surface area contributed by atoms with Crippen LogP contribution >= 0.6 is 23.1 Å². The molecule has 11 heteroatoms. The van der Waals surface area contributed by atoms with Gasteiger partial charge in [0.25, 0.3) is 0 Å². The number of benzene rings is 2. The summed E-state index contributed by atoms with van der Waals surface area (Å²) in [6.07, 6.45) is 1.75. The van der Waals surface area contributed by atoms with Crippen molar-refractivity contribution in [2.45, 2.75) is 22.1 Å². The lowest BCUT2D eigenvalue weighted by atomic mass is 10.1. The van der Waals surface area contributed by atoms with Crippen LogP contribution in [0.3, 0.4) is 0 Å². The molecule has 1 fully saturated rings. The summed E-state index contributed by atoms with van der Waals surface area (Å²) in [5.74, 6) is -0.291. The van der Waals surface area contributed by atoms with E-state index in [0.29, 0.717) is 33.8 Å². The summed E-state index contributed by atoms with van der Waals surface area (Å²) in [4.78, 5) is 12.7. The van der Waals surface area contributed by atoms with Gasteiger partial charge >= 0.3 is 0 Å². The summed E-state index contributed by atoms with van der Waals surface area (Å²) in [5, 5.41) is 11.6. The molecule has 0 bridgehead atoms. The normalized spacial score (nSPS) is 14.6. The summed E-state index contributed by atoms with van der Waals surface area (Å²) in [6.45, 7) is 1.08. The van der Waals surface area contributed by atoms with Crippen LogP contribution < -0.4 is 5.32 Å². The Kier molecular flexibility index (Phi) is 6.65. The fourth-order valence-corrected chi connectivity index (χ4v) is 6.26. The van der Waals surface area contributed by atoms with E-state index in [1.165, 1.54) is 51.7 Å². The monoisotopic (exact) mass is 478 g/mol. The average Bonchev–Trinajstić information content (AvgIpc) is 3.46. The number of carbonyl (C=O) groups excluding carboxylic acids is 1. The van der Waals surface area contributed by atoms with E-state index in [9.17, 15) is 17.6 Å². The van der Waals surface area contributed by atoms with E-state index in [1.54, 1.807) is 24.3 Å². The van der Waals surface area contributed by atoms with Crippen molar-refractivity contribution in [2.24, 2.45) is 0 Å². The molecule has 0 aliphatic carbocycles. The predicted octanol–water partition coefficient (Wildman–Crippen LogP) is 4.18. The van der Waals surface area contributed by atoms with Gasteiger partial charge in [-0.15, -0.1) is 10.2 Å². The standard InChI is InChI=1S/C20H19FN4O3S3/c21-15-5-7-16(8-6-15)22-19-23-24-20(30-19)29-13-18(26)14-3-9-17(10-4-14)31(27,28)25-11-1-2-12-25/h3-10H,1-2,11-13H2,(H,22,23). The highest BCUT2D eigenvalue weighted by atomic mass is 32.2. The van der Waals surface area contributed by atoms with Crippen LogP contribution in [0.4, 0.5) is 15.2 Å². The summed E-state index contributed by atoms with van der Waals surface area (Å²) in [7, 11) is -3.49. The molecular formula is C20H19FN4O3S3. The third kappa shape index (κ3) is 5.29. The molecule has 1 saturated heterocycles. The van der Waals surface area contributed by atoms with Crippen molar-refractivity contribution in [2.75, 3.05) is 24.2 Å². The molecule has 162 valence electrons. The molecule has 0 amide bonds. The molecule has 2 heterocycles. The van der Waals surface area contributed by atoms with E-state index in [2.05, 4.69) is 15.5 Å². The van der Waals surface area contributed by atoms with Crippen molar-refractivity contribution in [3.8, 4) is 0 Å². The number of nitrogens with one attached hydrogen (secondary N) is 1. The molecule has 1 aromatic heterocycles. The number of anilines is 2. The van der Waals surface area contributed by atoms with Gasteiger partial charge in [-0.1, -0.05) is 35.2 Å². The van der Waals surface area contributed by atoms with E-state index in [-0.39, 0.29) is 22.2 Å². The maximum absolute atomic E-state index is 13.0. The van der Waals surface area contributed by atoms with Gasteiger partial charge in [-0.2, -0.15) is 4.31 Å². The van der Waals surface area contributed by atoms with Gasteiger partial charge in [-0.3, -0.25) is 4.79 Å². The van der Waals surface area contributed by atoms with Crippen molar-refractivity contribution in [3.05, 3.63) is 59.9 Å². The first-order chi connectivity index (χ1) is 14.9. The number of sulfonamides is 1. The maximum Gasteiger partial charge on any atom is 0.243 e. The van der Waals surface area contributed by atoms with E-state index < -0.39 is 10.0 Å². The van der Waals surface area contributed by atoms with E-state index in [0.717, 1.165) is 12.8 Å². The minimum atomic E-state index is -3.49. The molecule has 0 atom stereocenters. The fraction of sp³-hybridized carbons (Fsp3) is 0.250. The number of Topliss-reactive ketones (excluding diaryl/α,β-unsaturated/α-hetero) is 1. The third-order valence-corrected chi connectivity index (χ3v) is 8.59. The van der Waals surface area contributed by atoms with Gasteiger partial charge in [0.05, 0.1) is 10.6 Å². The zero-order chi connectivity index (χ0) is 21.8. The van der Waals surface area contributed by atoms with Crippen molar-refractivity contribution in [1.82, 2.24) is 14.5 Å². The molecule has 3 aromatic rings. The van der Waals surface area contributed by atoms with Crippen molar-refractivity contribution in [3.63, 3.8) is 0 Å². The Morgan fingerprint density at radius 3 is 2.42 bits per heavy atom. The molecule has 0 saturated carbocycles. The van der Waals surface area contributed by atoms with Crippen LogP contribution in [0.1, 0.15) is 23.2 Å². The molecule has 0 spiro atoms. The number of ketones is 1.